The van der Waals surface area contributed by atoms with E-state index in [0.29, 0.717) is 25.2 Å². The van der Waals surface area contributed by atoms with Gasteiger partial charge in [-0.3, -0.25) is 14.6 Å². The van der Waals surface area contributed by atoms with E-state index in [2.05, 4.69) is 71.8 Å². The van der Waals surface area contributed by atoms with E-state index in [1.165, 1.54) is 75.2 Å². The van der Waals surface area contributed by atoms with Crippen molar-refractivity contribution < 1.29 is 19.1 Å². The van der Waals surface area contributed by atoms with Gasteiger partial charge in [0.2, 0.25) is 0 Å². The Balaban J connectivity index is 0.000000371. The monoisotopic (exact) mass is 579 g/mol. The number of carbonyl (C=O) groups excluding carboxylic acids is 2. The van der Waals surface area contributed by atoms with Crippen molar-refractivity contribution in [2.75, 3.05) is 46.9 Å². The van der Waals surface area contributed by atoms with Crippen LogP contribution in [0.1, 0.15) is 80.5 Å². The summed E-state index contributed by atoms with van der Waals surface area (Å²) in [6, 6.07) is 20.5. The van der Waals surface area contributed by atoms with E-state index in [1.54, 1.807) is 0 Å². The first-order valence-electron chi connectivity index (χ1n) is 15.8. The van der Waals surface area contributed by atoms with Crippen molar-refractivity contribution >= 4 is 12.6 Å². The summed E-state index contributed by atoms with van der Waals surface area (Å²) in [7, 11) is 3.50. The minimum absolute atomic E-state index is 0.119. The van der Waals surface area contributed by atoms with Crippen molar-refractivity contribution in [3.8, 4) is 0 Å². The molecule has 1 unspecified atom stereocenters. The Morgan fingerprint density at radius 3 is 2.05 bits per heavy atom. The molecular weight excluding hydrogens is 526 g/mol. The van der Waals surface area contributed by atoms with Crippen molar-refractivity contribution in [3.63, 3.8) is 0 Å². The number of piperidine rings is 1. The maximum atomic E-state index is 12.7. The van der Waals surface area contributed by atoms with Crippen molar-refractivity contribution in [1.82, 2.24) is 14.7 Å². The highest BCUT2D eigenvalue weighted by molar-refractivity contribution is 5.67. The molecule has 1 aliphatic carbocycles. The number of carbonyl (C=O) groups is 2. The average Bonchev–Trinajstić information content (AvgIpc) is 3.31. The number of amides is 1. The third kappa shape index (κ3) is 11.1. The van der Waals surface area contributed by atoms with Crippen LogP contribution in [-0.2, 0) is 14.3 Å². The number of nitrogens with zero attached hydrogens (tertiary/aromatic N) is 3. The van der Waals surface area contributed by atoms with Gasteiger partial charge in [-0.2, -0.15) is 0 Å². The first kappa shape index (κ1) is 33.6. The molecule has 7 heteroatoms. The number of rotatable bonds is 5. The topological polar surface area (TPSA) is 62.3 Å². The normalized spacial score (nSPS) is 22.0. The lowest BCUT2D eigenvalue weighted by Crippen LogP contribution is -2.52. The molecule has 0 aromatic heterocycles. The van der Waals surface area contributed by atoms with Crippen LogP contribution in [0.5, 0.6) is 0 Å². The minimum atomic E-state index is -0.119. The molecule has 232 valence electrons. The van der Waals surface area contributed by atoms with Crippen LogP contribution in [0.15, 0.2) is 54.6 Å². The Hall–Kier alpha value is -2.90. The lowest BCUT2D eigenvalue weighted by Gasteiger charge is -2.41. The van der Waals surface area contributed by atoms with Crippen LogP contribution >= 0.6 is 0 Å². The highest BCUT2D eigenvalue weighted by Crippen LogP contribution is 2.33. The SMILES string of the molecule is COC=O.Cc1cccc([C@@H]2CCCC(COC(=O)N3CCN(C4CCCCCC4)CC3)N2C)c1.Cc1ccccc1. The van der Waals surface area contributed by atoms with E-state index < -0.39 is 0 Å². The molecule has 3 aliphatic rings. The average molecular weight is 580 g/mol. The van der Waals surface area contributed by atoms with E-state index in [1.807, 2.05) is 23.1 Å². The summed E-state index contributed by atoms with van der Waals surface area (Å²) in [6.45, 7) is 8.72. The predicted molar refractivity (Wildman–Crippen MR) is 170 cm³/mol. The summed E-state index contributed by atoms with van der Waals surface area (Å²) >= 11 is 0. The van der Waals surface area contributed by atoms with E-state index in [-0.39, 0.29) is 6.09 Å². The molecule has 2 aromatic rings. The number of piperazine rings is 1. The number of likely N-dealkylation sites (N-methyl/N-ethyl adjacent to an activating group) is 1. The third-order valence-electron chi connectivity index (χ3n) is 8.86. The summed E-state index contributed by atoms with van der Waals surface area (Å²) < 4.78 is 9.69. The maximum absolute atomic E-state index is 12.7. The van der Waals surface area contributed by atoms with Gasteiger partial charge in [0.1, 0.15) is 6.61 Å². The van der Waals surface area contributed by atoms with E-state index in [4.69, 9.17) is 9.53 Å². The van der Waals surface area contributed by atoms with Crippen molar-refractivity contribution in [2.24, 2.45) is 0 Å². The fourth-order valence-electron chi connectivity index (χ4n) is 6.37. The van der Waals surface area contributed by atoms with E-state index in [9.17, 15) is 4.79 Å². The Labute approximate surface area is 254 Å². The molecule has 2 aromatic carbocycles. The number of benzene rings is 2. The largest absolute Gasteiger partial charge is 0.471 e. The Morgan fingerprint density at radius 2 is 1.48 bits per heavy atom. The molecule has 42 heavy (non-hydrogen) atoms. The highest BCUT2D eigenvalue weighted by atomic mass is 16.6. The van der Waals surface area contributed by atoms with Gasteiger partial charge in [0, 0.05) is 44.3 Å². The van der Waals surface area contributed by atoms with Crippen molar-refractivity contribution in [1.29, 1.82) is 0 Å². The molecule has 0 spiro atoms. The molecule has 1 saturated carbocycles. The molecule has 5 rings (SSSR count). The van der Waals surface area contributed by atoms with Gasteiger partial charge in [-0.1, -0.05) is 91.4 Å². The minimum Gasteiger partial charge on any atom is -0.471 e. The molecule has 2 atom stereocenters. The van der Waals surface area contributed by atoms with Gasteiger partial charge < -0.3 is 14.4 Å². The van der Waals surface area contributed by atoms with Gasteiger partial charge in [0.15, 0.2) is 0 Å². The highest BCUT2D eigenvalue weighted by Gasteiger charge is 2.31. The lowest BCUT2D eigenvalue weighted by molar-refractivity contribution is -0.126. The first-order valence-corrected chi connectivity index (χ1v) is 15.8. The second-order valence-electron chi connectivity index (χ2n) is 11.9. The maximum Gasteiger partial charge on any atom is 0.409 e. The number of aryl methyl sites for hydroxylation is 2. The zero-order valence-electron chi connectivity index (χ0n) is 26.4. The van der Waals surface area contributed by atoms with Crippen LogP contribution in [0.3, 0.4) is 0 Å². The third-order valence-corrected chi connectivity index (χ3v) is 8.86. The molecule has 1 amide bonds. The van der Waals surface area contributed by atoms with Crippen LogP contribution in [-0.4, -0.2) is 86.3 Å². The Morgan fingerprint density at radius 1 is 0.833 bits per heavy atom. The fraction of sp³-hybridized carbons (Fsp3) is 0.600. The number of hydrogen-bond donors (Lipinski definition) is 0. The molecular formula is C35H53N3O4. The molecule has 3 fully saturated rings. The molecule has 0 N–H and O–H groups in total. The van der Waals surface area contributed by atoms with Crippen LogP contribution in [0.4, 0.5) is 4.79 Å². The van der Waals surface area contributed by atoms with Gasteiger partial charge >= 0.3 is 6.09 Å². The van der Waals surface area contributed by atoms with Gasteiger partial charge in [-0.05, 0) is 58.6 Å². The van der Waals surface area contributed by atoms with Crippen LogP contribution < -0.4 is 0 Å². The van der Waals surface area contributed by atoms with Crippen LogP contribution in [0.25, 0.3) is 0 Å². The Bertz CT molecular complexity index is 1030. The fourth-order valence-corrected chi connectivity index (χ4v) is 6.37. The number of methoxy groups -OCH3 is 1. The number of ether oxygens (including phenoxy) is 2. The second kappa shape index (κ2) is 18.6. The standard InChI is InChI=1S/C26H41N3O2.C7H8.C2H4O2/c1-21-9-7-10-22(19-21)25-14-8-13-24(27(25)2)20-31-26(30)29-17-15-28(16-18-29)23-11-5-3-4-6-12-23;1-7-5-3-2-4-6-7;1-4-2-3/h7,9-10,19,23-25H,3-6,8,11-18,20H2,1-2H3;2-6H,1H3;2H,1H3/t24?,25-;;/m0../s1. The molecule has 2 saturated heterocycles. The van der Waals surface area contributed by atoms with Crippen molar-refractivity contribution in [2.45, 2.75) is 89.8 Å². The van der Waals surface area contributed by atoms with Gasteiger partial charge in [-0.15, -0.1) is 0 Å². The van der Waals surface area contributed by atoms with E-state index in [0.717, 1.165) is 38.6 Å². The second-order valence-corrected chi connectivity index (χ2v) is 11.9. The predicted octanol–water partition coefficient (Wildman–Crippen LogP) is 6.78. The molecule has 0 bridgehead atoms. The zero-order chi connectivity index (χ0) is 30.2. The van der Waals surface area contributed by atoms with Crippen LogP contribution in [0, 0.1) is 13.8 Å². The summed E-state index contributed by atoms with van der Waals surface area (Å²) in [5.74, 6) is 0. The van der Waals surface area contributed by atoms with Gasteiger partial charge in [-0.25, -0.2) is 4.79 Å². The molecule has 2 heterocycles. The summed E-state index contributed by atoms with van der Waals surface area (Å²) in [5, 5.41) is 0. The number of hydrogen-bond acceptors (Lipinski definition) is 6. The molecule has 0 radical (unpaired) electrons. The lowest BCUT2D eigenvalue weighted by atomic mass is 9.91. The zero-order valence-corrected chi connectivity index (χ0v) is 26.4. The Kier molecular flexibility index (Phi) is 14.9. The quantitative estimate of drug-likeness (QED) is 0.287. The van der Waals surface area contributed by atoms with Crippen molar-refractivity contribution in [3.05, 3.63) is 71.3 Å². The van der Waals surface area contributed by atoms with Gasteiger partial charge in [0.05, 0.1) is 7.11 Å². The number of likely N-dealkylation sites (tertiary alicyclic amines) is 1. The summed E-state index contributed by atoms with van der Waals surface area (Å²) in [6.07, 6.45) is 11.5. The smallest absolute Gasteiger partial charge is 0.409 e. The van der Waals surface area contributed by atoms with Crippen LogP contribution in [0.2, 0.25) is 0 Å². The first-order chi connectivity index (χ1) is 20.4. The summed E-state index contributed by atoms with van der Waals surface area (Å²) in [4.78, 5) is 28.7. The molecule has 2 aliphatic heterocycles. The molecule has 7 nitrogen and oxygen atoms in total. The van der Waals surface area contributed by atoms with E-state index >= 15 is 0 Å². The summed E-state index contributed by atoms with van der Waals surface area (Å²) in [5.41, 5.74) is 4.01. The van der Waals surface area contributed by atoms with Gasteiger partial charge in [0.25, 0.3) is 6.47 Å².